The van der Waals surface area contributed by atoms with Gasteiger partial charge >= 0.3 is 13.1 Å². The van der Waals surface area contributed by atoms with Crippen LogP contribution in [0.4, 0.5) is 0 Å². The van der Waals surface area contributed by atoms with Crippen LogP contribution in [0.25, 0.3) is 21.9 Å². The van der Waals surface area contributed by atoms with E-state index in [-0.39, 0.29) is 60.6 Å². The third-order valence-corrected chi connectivity index (χ3v) is 23.9. The Balaban J connectivity index is 0.000000189. The number of carbonyl (C=O) groups is 5. The molecule has 0 atom stereocenters. The van der Waals surface area contributed by atoms with E-state index in [1.165, 1.54) is 57.6 Å². The molecule has 1 amide bonds. The Hall–Kier alpha value is -8.13. The fourth-order valence-electron chi connectivity index (χ4n) is 15.3. The number of aromatic nitrogens is 5. The highest BCUT2D eigenvalue weighted by Crippen LogP contribution is 2.38. The van der Waals surface area contributed by atoms with E-state index in [2.05, 4.69) is 62.1 Å². The van der Waals surface area contributed by atoms with Crippen molar-refractivity contribution >= 4 is 95.6 Å². The molecule has 21 nitrogen and oxygen atoms in total. The first-order valence-corrected chi connectivity index (χ1v) is 43.7. The second kappa shape index (κ2) is 48.2. The molecule has 7 heterocycles. The van der Waals surface area contributed by atoms with Gasteiger partial charge in [-0.15, -0.1) is 0 Å². The molecule has 1 saturated heterocycles. The van der Waals surface area contributed by atoms with Crippen molar-refractivity contribution in [3.8, 4) is 23.0 Å². The van der Waals surface area contributed by atoms with Crippen molar-refractivity contribution < 1.29 is 57.4 Å². The molecule has 5 N–H and O–H groups in total. The Labute approximate surface area is 709 Å². The van der Waals surface area contributed by atoms with Crippen molar-refractivity contribution in [1.29, 1.82) is 0 Å². The highest BCUT2D eigenvalue weighted by molar-refractivity contribution is 9.10. The van der Waals surface area contributed by atoms with Crippen molar-refractivity contribution in [1.82, 2.24) is 35.1 Å². The van der Waals surface area contributed by atoms with Gasteiger partial charge in [-0.1, -0.05) is 77.7 Å². The summed E-state index contributed by atoms with van der Waals surface area (Å²) in [7, 11) is 3.58. The first-order chi connectivity index (χ1) is 55.8. The molecule has 14 rings (SSSR count). The van der Waals surface area contributed by atoms with E-state index >= 15 is 0 Å². The van der Waals surface area contributed by atoms with Crippen LogP contribution in [-0.2, 0) is 65.4 Å². The number of carboxylic acids is 1. The molecule has 1 aliphatic heterocycles. The van der Waals surface area contributed by atoms with E-state index < -0.39 is 5.97 Å². The van der Waals surface area contributed by atoms with E-state index in [4.69, 9.17) is 39.1 Å². The first kappa shape index (κ1) is 94.4. The van der Waals surface area contributed by atoms with E-state index in [1.807, 2.05) is 133 Å². The van der Waals surface area contributed by atoms with Crippen molar-refractivity contribution in [2.24, 2.45) is 35.3 Å². The predicted octanol–water partition coefficient (Wildman–Crippen LogP) is 18.7. The molecule has 117 heavy (non-hydrogen) atoms. The van der Waals surface area contributed by atoms with Crippen molar-refractivity contribution in [3.05, 3.63) is 175 Å². The van der Waals surface area contributed by atoms with Crippen LogP contribution in [0.3, 0.4) is 0 Å². The van der Waals surface area contributed by atoms with Crippen molar-refractivity contribution in [2.75, 3.05) is 40.3 Å². The summed E-state index contributed by atoms with van der Waals surface area (Å²) in [4.78, 5) is 95.1. The van der Waals surface area contributed by atoms with Gasteiger partial charge in [-0.3, -0.25) is 53.7 Å². The molecule has 6 aromatic heterocycles. The molecule has 0 unspecified atom stereocenters. The molecule has 5 aliphatic carbocycles. The number of amides is 1. The Morgan fingerprint density at radius 2 is 0.991 bits per heavy atom. The quantitative estimate of drug-likeness (QED) is 0.0250. The molecule has 5 saturated carbocycles. The second-order valence-corrected chi connectivity index (χ2v) is 34.7. The maximum atomic E-state index is 13.3. The molecule has 24 heteroatoms. The zero-order valence-corrected chi connectivity index (χ0v) is 72.3. The molecule has 0 radical (unpaired) electrons. The number of ether oxygens (including phenoxy) is 2. The number of carbonyl (C=O) groups excluding carboxylic acids is 4. The summed E-state index contributed by atoms with van der Waals surface area (Å²) in [6.45, 7) is 12.6. The predicted molar refractivity (Wildman–Crippen MR) is 470 cm³/mol. The van der Waals surface area contributed by atoms with E-state index in [9.17, 15) is 28.8 Å². The van der Waals surface area contributed by atoms with Gasteiger partial charge < -0.3 is 49.4 Å². The van der Waals surface area contributed by atoms with E-state index in [1.54, 1.807) is 36.7 Å². The van der Waals surface area contributed by atoms with Crippen LogP contribution in [-0.4, -0.2) is 128 Å². The highest BCUT2D eigenvalue weighted by atomic mass is 79.9. The number of nitrogens with zero attached hydrogens (tertiary/aromatic N) is 6. The van der Waals surface area contributed by atoms with E-state index in [0.29, 0.717) is 101 Å². The average Bonchev–Trinajstić information content (AvgIpc) is 1.27. The van der Waals surface area contributed by atoms with Crippen LogP contribution in [0, 0.1) is 36.5 Å². The Morgan fingerprint density at radius 3 is 1.43 bits per heavy atom. The summed E-state index contributed by atoms with van der Waals surface area (Å²) in [6.07, 6.45) is 39.6. The summed E-state index contributed by atoms with van der Waals surface area (Å²) in [5.41, 5.74) is 12.3. The number of nitrogens with two attached hydrogens (primary N) is 1. The number of Topliss-reactive ketones (excluding diaryl/α,β-unsaturated/α-hetero) is 3. The number of nitrogens with one attached hydrogen (secondary N) is 1. The van der Waals surface area contributed by atoms with Crippen LogP contribution < -0.4 is 31.4 Å². The largest absolute Gasteiger partial charge is 0.506 e. The minimum absolute atomic E-state index is 0. The van der Waals surface area contributed by atoms with Gasteiger partial charge in [0.2, 0.25) is 11.3 Å². The van der Waals surface area contributed by atoms with Crippen LogP contribution in [0.15, 0.2) is 140 Å². The number of rotatable bonds is 29. The summed E-state index contributed by atoms with van der Waals surface area (Å²) < 4.78 is 32.3. The number of aryl methyl sites for hydroxylation is 4. The van der Waals surface area contributed by atoms with Crippen molar-refractivity contribution in [3.63, 3.8) is 0 Å². The lowest BCUT2D eigenvalue weighted by atomic mass is 9.80. The zero-order valence-electron chi connectivity index (χ0n) is 69.2. The van der Waals surface area contributed by atoms with Crippen LogP contribution in [0.2, 0.25) is 0 Å². The summed E-state index contributed by atoms with van der Waals surface area (Å²) >= 11 is 6.67. The SMILES string of the molecule is C.CC1(C)OB(c2ccc(CCNC(=O)C3CCCC3)nc2)OC1(C)C.Cc1cc(OCCN(C)C)c2oc3cc(Oc4ccc(CCCC(=O)C5CCCC5)nc4)ccc3c(=O)c2c1.NCCc1ccc(Br)cn1.O=C(CCCc1ccc(Br)cn1)C1CCCC1.O=C(CCCc1ccc(O)cn1)C1CCCC1.O=C(O)C1CCCC1. The lowest BCUT2D eigenvalue weighted by molar-refractivity contribution is -0.141. The molecule has 0 spiro atoms. The van der Waals surface area contributed by atoms with Gasteiger partial charge in [0.25, 0.3) is 0 Å². The van der Waals surface area contributed by atoms with Gasteiger partial charge in [-0.2, -0.15) is 0 Å². The molecular formula is C93H125BBr2N8O13. The number of halogens is 2. The minimum atomic E-state index is -0.609. The second-order valence-electron chi connectivity index (χ2n) is 32.9. The van der Waals surface area contributed by atoms with E-state index in [0.717, 1.165) is 190 Å². The topological polar surface area (TPSA) is 299 Å². The minimum Gasteiger partial charge on any atom is -0.506 e. The maximum absolute atomic E-state index is 13.3. The zero-order chi connectivity index (χ0) is 83.0. The van der Waals surface area contributed by atoms with Crippen LogP contribution >= 0.6 is 31.9 Å². The van der Waals surface area contributed by atoms with Gasteiger partial charge in [-0.25, -0.2) is 0 Å². The molecule has 0 bridgehead atoms. The standard InChI is InChI=1S/C32H36N2O5.C19H29BN2O3.C14H18BrNO.C14H19NO2.C7H9BrN2.C6H10O2.CH4/c1-21-17-27-31(36)26-14-13-24(19-29(26)39-32(27)30(18-21)37-16-15-34(2)3)38-25-12-11-23(33-20-25)9-6-10-28(35)22-7-4-5-8-22;1-18(2)19(3,4)25-20(24-18)15-9-10-16(22-13-15)11-12-21-17(23)14-7-5-6-8-14;15-12-8-9-13(16-10-12)6-3-7-14(17)11-4-1-2-5-11;16-13-9-8-12(15-10-13)6-3-7-14(17)11-4-1-2-5-11;8-6-1-2-7(3-4-9)10-5-6;7-6(8)5-3-1-2-4-5;/h11-14,17-20,22H,4-10,15-16H2,1-3H3;9-10,13-14H,5-8,11-12H2,1-4H3,(H,21,23);8-11H,1-7H2;8-11,16H,1-7H2;1-2,5H,3-4,9H2;5H,1-4H2,(H,7,8);1H4. The first-order valence-electron chi connectivity index (χ1n) is 42.2. The monoisotopic (exact) mass is 1730 g/mol. The fraction of sp³-hybridized carbons (Fsp3) is 0.538. The molecule has 8 aromatic rings. The summed E-state index contributed by atoms with van der Waals surface area (Å²) in [5.74, 6) is 3.97. The summed E-state index contributed by atoms with van der Waals surface area (Å²) in [5, 5.41) is 21.5. The average molecular weight is 1730 g/mol. The lowest BCUT2D eigenvalue weighted by Crippen LogP contribution is -2.41. The molecule has 6 aliphatic rings. The normalized spacial score (nSPS) is 16.5. The van der Waals surface area contributed by atoms with Gasteiger partial charge in [0.1, 0.15) is 46.8 Å². The number of hydrogen-bond acceptors (Lipinski definition) is 19. The Bertz CT molecular complexity index is 4350. The van der Waals surface area contributed by atoms with Crippen LogP contribution in [0.5, 0.6) is 23.0 Å². The number of ketones is 3. The number of fused-ring (bicyclic) bond motifs is 2. The Kier molecular flexibility index (Phi) is 38.9. The Morgan fingerprint density at radius 1 is 0.547 bits per heavy atom. The molecule has 6 fully saturated rings. The molecule has 2 aromatic carbocycles. The van der Waals surface area contributed by atoms with Crippen molar-refractivity contribution in [2.45, 2.75) is 252 Å². The number of likely N-dealkylation sites (N-methyl/N-ethyl adjacent to an activating group) is 1. The van der Waals surface area contributed by atoms with Gasteiger partial charge in [0, 0.05) is 136 Å². The number of pyridine rings is 5. The number of carboxylic acid groups (broad SMARTS) is 1. The summed E-state index contributed by atoms with van der Waals surface area (Å²) in [6, 6.07) is 28.2. The highest BCUT2D eigenvalue weighted by Gasteiger charge is 2.52. The maximum Gasteiger partial charge on any atom is 0.496 e. The third-order valence-electron chi connectivity index (χ3n) is 23.0. The van der Waals surface area contributed by atoms with Crippen LogP contribution in [0.1, 0.15) is 236 Å². The van der Waals surface area contributed by atoms with Gasteiger partial charge in [0.15, 0.2) is 11.3 Å². The van der Waals surface area contributed by atoms with Gasteiger partial charge in [-0.05, 0) is 274 Å². The number of aliphatic carboxylic acids is 1. The molecule has 632 valence electrons. The smallest absolute Gasteiger partial charge is 0.496 e. The number of hydrogen-bond donors (Lipinski definition) is 4. The van der Waals surface area contributed by atoms with Gasteiger partial charge in [0.05, 0.1) is 40.3 Å². The fourth-order valence-corrected chi connectivity index (χ4v) is 15.8. The number of benzene rings is 2. The third kappa shape index (κ3) is 30.9. The number of aromatic hydroxyl groups is 1. The molecular weight excluding hydrogens is 1610 g/mol. The lowest BCUT2D eigenvalue weighted by Gasteiger charge is -2.32.